The number of hydrogen-bond donors (Lipinski definition) is 2. The highest BCUT2D eigenvalue weighted by Gasteiger charge is 2.24. The van der Waals surface area contributed by atoms with E-state index in [1.165, 1.54) is 17.0 Å². The summed E-state index contributed by atoms with van der Waals surface area (Å²) in [7, 11) is 0. The molecule has 0 saturated carbocycles. The van der Waals surface area contributed by atoms with E-state index < -0.39 is 0 Å². The normalized spacial score (nSPS) is 16.9. The lowest BCUT2D eigenvalue weighted by molar-refractivity contribution is 0.251. The highest BCUT2D eigenvalue weighted by atomic mass is 32.1. The SMILES string of the molecule is Cc1nc2c(s1)CCC[C@H]2CNC(=O)Nc1ccncc1C. The minimum absolute atomic E-state index is 0.173. The number of urea groups is 1. The van der Waals surface area contributed by atoms with Crippen molar-refractivity contribution in [3.05, 3.63) is 39.6 Å². The van der Waals surface area contributed by atoms with Gasteiger partial charge in [0.2, 0.25) is 0 Å². The molecule has 0 saturated heterocycles. The summed E-state index contributed by atoms with van der Waals surface area (Å²) in [6.07, 6.45) is 6.80. The van der Waals surface area contributed by atoms with Crippen LogP contribution in [-0.2, 0) is 6.42 Å². The molecule has 2 amide bonds. The fourth-order valence-corrected chi connectivity index (χ4v) is 3.89. The number of fused-ring (bicyclic) bond motifs is 1. The van der Waals surface area contributed by atoms with Gasteiger partial charge in [-0.3, -0.25) is 4.98 Å². The largest absolute Gasteiger partial charge is 0.337 e. The maximum absolute atomic E-state index is 12.1. The molecule has 0 bridgehead atoms. The number of aromatic nitrogens is 2. The third kappa shape index (κ3) is 3.27. The van der Waals surface area contributed by atoms with Crippen molar-refractivity contribution < 1.29 is 4.79 Å². The molecule has 2 heterocycles. The molecule has 0 spiro atoms. The van der Waals surface area contributed by atoms with Gasteiger partial charge in [0, 0.05) is 35.4 Å². The summed E-state index contributed by atoms with van der Waals surface area (Å²) >= 11 is 1.79. The summed E-state index contributed by atoms with van der Waals surface area (Å²) in [6, 6.07) is 1.63. The van der Waals surface area contributed by atoms with Crippen LogP contribution in [-0.4, -0.2) is 22.5 Å². The van der Waals surface area contributed by atoms with Crippen LogP contribution in [0.3, 0.4) is 0 Å². The van der Waals surface area contributed by atoms with Crippen molar-refractivity contribution in [1.29, 1.82) is 0 Å². The predicted octanol–water partition coefficient (Wildman–Crippen LogP) is 3.40. The van der Waals surface area contributed by atoms with Gasteiger partial charge in [0.05, 0.1) is 10.7 Å². The van der Waals surface area contributed by atoms with E-state index in [2.05, 4.69) is 20.6 Å². The van der Waals surface area contributed by atoms with Gasteiger partial charge >= 0.3 is 6.03 Å². The Hall–Kier alpha value is -1.95. The molecule has 2 aromatic heterocycles. The molecule has 0 fully saturated rings. The van der Waals surface area contributed by atoms with E-state index in [1.807, 2.05) is 13.8 Å². The van der Waals surface area contributed by atoms with E-state index in [4.69, 9.17) is 0 Å². The van der Waals surface area contributed by atoms with E-state index in [-0.39, 0.29) is 6.03 Å². The van der Waals surface area contributed by atoms with Crippen LogP contribution in [0, 0.1) is 13.8 Å². The molecule has 0 aromatic carbocycles. The van der Waals surface area contributed by atoms with Crippen LogP contribution in [0.5, 0.6) is 0 Å². The summed E-state index contributed by atoms with van der Waals surface area (Å²) in [4.78, 5) is 22.1. The van der Waals surface area contributed by atoms with Crippen LogP contribution in [0.4, 0.5) is 10.5 Å². The first-order chi connectivity index (χ1) is 10.6. The Morgan fingerprint density at radius 2 is 2.32 bits per heavy atom. The van der Waals surface area contributed by atoms with E-state index >= 15 is 0 Å². The molecule has 1 atom stereocenters. The Bertz CT molecular complexity index is 683. The molecule has 3 rings (SSSR count). The van der Waals surface area contributed by atoms with Crippen molar-refractivity contribution in [1.82, 2.24) is 15.3 Å². The maximum atomic E-state index is 12.1. The second-order valence-corrected chi connectivity index (χ2v) is 6.94. The Kier molecular flexibility index (Phi) is 4.38. The zero-order valence-corrected chi connectivity index (χ0v) is 13.7. The zero-order chi connectivity index (χ0) is 15.5. The van der Waals surface area contributed by atoms with Crippen molar-refractivity contribution in [2.24, 2.45) is 0 Å². The highest BCUT2D eigenvalue weighted by molar-refractivity contribution is 7.11. The van der Waals surface area contributed by atoms with Crippen LogP contribution in [0.25, 0.3) is 0 Å². The van der Waals surface area contributed by atoms with Gasteiger partial charge in [0.1, 0.15) is 0 Å². The van der Waals surface area contributed by atoms with Crippen LogP contribution in [0.1, 0.15) is 39.9 Å². The molecule has 0 radical (unpaired) electrons. The zero-order valence-electron chi connectivity index (χ0n) is 12.8. The summed E-state index contributed by atoms with van der Waals surface area (Å²) in [6.45, 7) is 4.60. The van der Waals surface area contributed by atoms with Crippen molar-refractivity contribution in [2.75, 3.05) is 11.9 Å². The van der Waals surface area contributed by atoms with Gasteiger partial charge in [-0.1, -0.05) is 0 Å². The van der Waals surface area contributed by atoms with Gasteiger partial charge < -0.3 is 10.6 Å². The average molecular weight is 316 g/mol. The van der Waals surface area contributed by atoms with Crippen molar-refractivity contribution in [3.8, 4) is 0 Å². The van der Waals surface area contributed by atoms with Crippen molar-refractivity contribution in [2.45, 2.75) is 39.0 Å². The lowest BCUT2D eigenvalue weighted by Crippen LogP contribution is -2.33. The number of nitrogens with zero attached hydrogens (tertiary/aromatic N) is 2. The molecule has 1 aliphatic carbocycles. The van der Waals surface area contributed by atoms with Crippen LogP contribution in [0.2, 0.25) is 0 Å². The minimum atomic E-state index is -0.173. The Morgan fingerprint density at radius 3 is 3.14 bits per heavy atom. The Balaban J connectivity index is 1.59. The van der Waals surface area contributed by atoms with Gasteiger partial charge in [-0.2, -0.15) is 0 Å². The number of carbonyl (C=O) groups is 1. The third-order valence-corrected chi connectivity index (χ3v) is 5.00. The highest BCUT2D eigenvalue weighted by Crippen LogP contribution is 2.34. The first-order valence-electron chi connectivity index (χ1n) is 7.55. The Morgan fingerprint density at radius 1 is 1.45 bits per heavy atom. The monoisotopic (exact) mass is 316 g/mol. The molecular weight excluding hydrogens is 296 g/mol. The molecule has 2 aromatic rings. The fourth-order valence-electron chi connectivity index (χ4n) is 2.82. The summed E-state index contributed by atoms with van der Waals surface area (Å²) < 4.78 is 0. The second-order valence-electron chi connectivity index (χ2n) is 5.66. The number of rotatable bonds is 3. The van der Waals surface area contributed by atoms with Crippen LogP contribution < -0.4 is 10.6 Å². The fraction of sp³-hybridized carbons (Fsp3) is 0.438. The second kappa shape index (κ2) is 6.44. The maximum Gasteiger partial charge on any atom is 0.319 e. The molecule has 1 aliphatic rings. The molecule has 116 valence electrons. The third-order valence-electron chi connectivity index (χ3n) is 3.96. The number of thiazole rings is 1. The van der Waals surface area contributed by atoms with E-state index in [0.29, 0.717) is 12.5 Å². The van der Waals surface area contributed by atoms with Gasteiger partial charge in [-0.05, 0) is 44.7 Å². The number of aryl methyl sites for hydroxylation is 3. The summed E-state index contributed by atoms with van der Waals surface area (Å²) in [5, 5.41) is 6.96. The van der Waals surface area contributed by atoms with E-state index in [1.54, 1.807) is 29.8 Å². The molecule has 5 nitrogen and oxygen atoms in total. The van der Waals surface area contributed by atoms with Gasteiger partial charge in [0.25, 0.3) is 0 Å². The molecule has 2 N–H and O–H groups in total. The van der Waals surface area contributed by atoms with E-state index in [0.717, 1.165) is 29.1 Å². The summed E-state index contributed by atoms with van der Waals surface area (Å²) in [5.41, 5.74) is 2.93. The lowest BCUT2D eigenvalue weighted by atomic mass is 9.91. The molecule has 0 aliphatic heterocycles. The van der Waals surface area contributed by atoms with Crippen molar-refractivity contribution >= 4 is 23.1 Å². The number of nitrogens with one attached hydrogen (secondary N) is 2. The summed E-state index contributed by atoms with van der Waals surface area (Å²) in [5.74, 6) is 0.331. The first kappa shape index (κ1) is 15.0. The number of anilines is 1. The number of pyridine rings is 1. The molecular formula is C16H20N4OS. The number of carbonyl (C=O) groups excluding carboxylic acids is 1. The van der Waals surface area contributed by atoms with Gasteiger partial charge in [-0.25, -0.2) is 9.78 Å². The van der Waals surface area contributed by atoms with Crippen LogP contribution >= 0.6 is 11.3 Å². The van der Waals surface area contributed by atoms with E-state index in [9.17, 15) is 4.79 Å². The average Bonchev–Trinajstić information content (AvgIpc) is 2.88. The standard InChI is InChI=1S/C16H20N4OS/c1-10-8-17-7-6-13(10)20-16(21)18-9-12-4-3-5-14-15(12)19-11(2)22-14/h6-8,12H,3-5,9H2,1-2H3,(H2,17,18,20,21)/t12-/m0/s1. The van der Waals surface area contributed by atoms with Crippen LogP contribution in [0.15, 0.2) is 18.5 Å². The first-order valence-corrected chi connectivity index (χ1v) is 8.37. The number of amides is 2. The topological polar surface area (TPSA) is 66.9 Å². The Labute approximate surface area is 134 Å². The molecule has 0 unspecified atom stereocenters. The smallest absolute Gasteiger partial charge is 0.319 e. The lowest BCUT2D eigenvalue weighted by Gasteiger charge is -2.21. The van der Waals surface area contributed by atoms with Gasteiger partial charge in [0.15, 0.2) is 0 Å². The molecule has 22 heavy (non-hydrogen) atoms. The molecule has 6 heteroatoms. The number of hydrogen-bond acceptors (Lipinski definition) is 4. The van der Waals surface area contributed by atoms with Gasteiger partial charge in [-0.15, -0.1) is 11.3 Å². The van der Waals surface area contributed by atoms with Crippen molar-refractivity contribution in [3.63, 3.8) is 0 Å². The minimum Gasteiger partial charge on any atom is -0.337 e. The quantitative estimate of drug-likeness (QED) is 0.912. The predicted molar refractivity (Wildman–Crippen MR) is 88.5 cm³/mol.